The predicted octanol–water partition coefficient (Wildman–Crippen LogP) is 6.32. The molecule has 5 rings (SSSR count). The first-order valence-electron chi connectivity index (χ1n) is 14.8. The fourth-order valence-corrected chi connectivity index (χ4v) is 10.3. The van der Waals surface area contributed by atoms with Gasteiger partial charge in [0.2, 0.25) is 0 Å². The van der Waals surface area contributed by atoms with Crippen LogP contribution in [0.25, 0.3) is 0 Å². The van der Waals surface area contributed by atoms with Gasteiger partial charge in [-0.15, -0.1) is 0 Å². The second-order valence-electron chi connectivity index (χ2n) is 15.0. The van der Waals surface area contributed by atoms with Gasteiger partial charge < -0.3 is 19.3 Å². The van der Waals surface area contributed by atoms with Crippen molar-refractivity contribution < 1.29 is 24.1 Å². The van der Waals surface area contributed by atoms with Gasteiger partial charge in [-0.1, -0.05) is 46.3 Å². The van der Waals surface area contributed by atoms with Crippen molar-refractivity contribution >= 4 is 5.78 Å². The van der Waals surface area contributed by atoms with E-state index in [-0.39, 0.29) is 40.0 Å². The van der Waals surface area contributed by atoms with E-state index in [1.54, 1.807) is 19.8 Å². The molecule has 0 aromatic carbocycles. The van der Waals surface area contributed by atoms with E-state index in [1.807, 2.05) is 13.8 Å². The highest BCUT2D eigenvalue weighted by atomic mass is 16.7. The minimum Gasteiger partial charge on any atom is -0.387 e. The molecular weight excluding hydrogens is 464 g/mol. The van der Waals surface area contributed by atoms with Crippen LogP contribution in [0.1, 0.15) is 99.8 Å². The number of hydrogen-bond donors (Lipinski definition) is 1. The summed E-state index contributed by atoms with van der Waals surface area (Å²) in [7, 11) is 3.40. The molecule has 0 radical (unpaired) electrons. The number of aliphatic hydroxyl groups excluding tert-OH is 1. The number of allylic oxidation sites excluding steroid dienone is 2. The Morgan fingerprint density at radius 1 is 1.08 bits per heavy atom. The Balaban J connectivity index is 1.44. The minimum absolute atomic E-state index is 0.154. The fourth-order valence-electron chi connectivity index (χ4n) is 10.3. The van der Waals surface area contributed by atoms with E-state index >= 15 is 0 Å². The van der Waals surface area contributed by atoms with E-state index in [4.69, 9.17) is 14.2 Å². The van der Waals surface area contributed by atoms with Crippen molar-refractivity contribution in [2.45, 2.75) is 124 Å². The third kappa shape index (κ3) is 3.73. The molecule has 0 unspecified atom stereocenters. The number of methoxy groups -OCH3 is 2. The van der Waals surface area contributed by atoms with Crippen molar-refractivity contribution in [2.24, 2.45) is 45.3 Å². The lowest BCUT2D eigenvalue weighted by molar-refractivity contribution is -0.189. The predicted molar refractivity (Wildman–Crippen MR) is 145 cm³/mol. The summed E-state index contributed by atoms with van der Waals surface area (Å²) in [5.41, 5.74) is 1.32. The molecule has 1 heterocycles. The molecule has 0 bridgehead atoms. The third-order valence-corrected chi connectivity index (χ3v) is 13.1. The molecule has 1 saturated heterocycles. The van der Waals surface area contributed by atoms with Crippen LogP contribution in [0.3, 0.4) is 0 Å². The summed E-state index contributed by atoms with van der Waals surface area (Å²) in [5, 5.41) is 11.1. The number of hydrogen-bond acceptors (Lipinski definition) is 5. The van der Waals surface area contributed by atoms with Crippen molar-refractivity contribution in [1.29, 1.82) is 0 Å². The van der Waals surface area contributed by atoms with E-state index in [0.29, 0.717) is 23.5 Å². The lowest BCUT2D eigenvalue weighted by atomic mass is 9.41. The lowest BCUT2D eigenvalue weighted by Gasteiger charge is -2.63. The van der Waals surface area contributed by atoms with Crippen LogP contribution in [0.5, 0.6) is 0 Å². The molecule has 5 heteroatoms. The SMILES string of the molecule is CO[C@H]1O[C@@H]([C@H](O)C(C)(C)OC)C[C@@H]1[C@@H]1CC[C@]2(C)C3=CC[C@@H]4C(C)(C)C(=O)CC[C@]4(C)[C@H]3CC[C@@]12C. The summed E-state index contributed by atoms with van der Waals surface area (Å²) >= 11 is 0. The minimum atomic E-state index is -0.702. The maximum atomic E-state index is 12.9. The zero-order chi connectivity index (χ0) is 27.2. The number of carbonyl (C=O) groups excluding carboxylic acids is 1. The van der Waals surface area contributed by atoms with Crippen LogP contribution in [0, 0.1) is 45.3 Å². The van der Waals surface area contributed by atoms with Crippen LogP contribution >= 0.6 is 0 Å². The fraction of sp³-hybridized carbons (Fsp3) is 0.906. The van der Waals surface area contributed by atoms with Crippen molar-refractivity contribution in [2.75, 3.05) is 14.2 Å². The van der Waals surface area contributed by atoms with Crippen LogP contribution in [0.15, 0.2) is 11.6 Å². The van der Waals surface area contributed by atoms with Crippen molar-refractivity contribution in [3.05, 3.63) is 11.6 Å². The molecule has 1 aliphatic heterocycles. The molecule has 4 aliphatic carbocycles. The first-order valence-corrected chi connectivity index (χ1v) is 14.8. The summed E-state index contributed by atoms with van der Waals surface area (Å²) in [6.45, 7) is 15.9. The smallest absolute Gasteiger partial charge is 0.160 e. The Morgan fingerprint density at radius 3 is 2.43 bits per heavy atom. The standard InChI is InChI=1S/C32H52O5/c1-28(2)24-11-10-22-21(30(24,5)15-14-25(28)33)13-17-31(6)20(12-16-32(22,31)7)19-18-23(37-27(19)35-8)26(34)29(3,4)36-9/h10,19-21,23-24,26-27,34H,11-18H2,1-9H3/t19-,20+,21+,23-,24-,26+,27+,30-,31+,32-/m1/s1. The van der Waals surface area contributed by atoms with Crippen molar-refractivity contribution in [3.8, 4) is 0 Å². The van der Waals surface area contributed by atoms with Gasteiger partial charge in [-0.05, 0) is 92.8 Å². The highest BCUT2D eigenvalue weighted by Crippen LogP contribution is 2.73. The maximum absolute atomic E-state index is 12.9. The van der Waals surface area contributed by atoms with Gasteiger partial charge in [-0.2, -0.15) is 0 Å². The maximum Gasteiger partial charge on any atom is 0.160 e. The summed E-state index contributed by atoms with van der Waals surface area (Å²) in [5.74, 6) is 2.22. The Labute approximate surface area is 225 Å². The van der Waals surface area contributed by atoms with Gasteiger partial charge in [-0.25, -0.2) is 0 Å². The molecule has 3 saturated carbocycles. The Morgan fingerprint density at radius 2 is 1.78 bits per heavy atom. The molecule has 37 heavy (non-hydrogen) atoms. The first-order chi connectivity index (χ1) is 17.2. The van der Waals surface area contributed by atoms with Gasteiger partial charge in [0.1, 0.15) is 11.9 Å². The van der Waals surface area contributed by atoms with Gasteiger partial charge >= 0.3 is 0 Å². The van der Waals surface area contributed by atoms with Gasteiger partial charge in [0.25, 0.3) is 0 Å². The Hall–Kier alpha value is -0.750. The van der Waals surface area contributed by atoms with Gasteiger partial charge in [0, 0.05) is 32.0 Å². The van der Waals surface area contributed by atoms with Gasteiger partial charge in [0.15, 0.2) is 6.29 Å². The second kappa shape index (κ2) is 8.88. The lowest BCUT2D eigenvalue weighted by Crippen LogP contribution is -2.57. The number of rotatable bonds is 5. The van der Waals surface area contributed by atoms with Crippen molar-refractivity contribution in [3.63, 3.8) is 0 Å². The monoisotopic (exact) mass is 516 g/mol. The molecule has 0 aromatic heterocycles. The topological polar surface area (TPSA) is 65.0 Å². The molecule has 0 aromatic rings. The second-order valence-corrected chi connectivity index (χ2v) is 15.0. The van der Waals surface area contributed by atoms with E-state index in [9.17, 15) is 9.90 Å². The summed E-state index contributed by atoms with van der Waals surface area (Å²) in [6.07, 6.45) is 9.70. The highest BCUT2D eigenvalue weighted by Gasteiger charge is 2.66. The average Bonchev–Trinajstić information content (AvgIpc) is 3.39. The van der Waals surface area contributed by atoms with Crippen LogP contribution in [-0.2, 0) is 19.0 Å². The first kappa shape index (κ1) is 27.8. The summed E-state index contributed by atoms with van der Waals surface area (Å²) in [6, 6.07) is 0. The van der Waals surface area contributed by atoms with E-state index in [0.717, 1.165) is 25.7 Å². The molecule has 1 N–H and O–H groups in total. The number of ether oxygens (including phenoxy) is 3. The summed E-state index contributed by atoms with van der Waals surface area (Å²) in [4.78, 5) is 12.9. The van der Waals surface area contributed by atoms with Crippen LogP contribution in [-0.4, -0.2) is 49.2 Å². The normalized spacial score (nSPS) is 48.2. The molecule has 0 spiro atoms. The number of aliphatic hydroxyl groups is 1. The molecule has 10 atom stereocenters. The van der Waals surface area contributed by atoms with Gasteiger partial charge in [-0.3, -0.25) is 4.79 Å². The average molecular weight is 517 g/mol. The number of carbonyl (C=O) groups is 1. The quantitative estimate of drug-likeness (QED) is 0.433. The molecule has 210 valence electrons. The Kier molecular flexibility index (Phi) is 6.67. The van der Waals surface area contributed by atoms with Crippen LogP contribution in [0.4, 0.5) is 0 Å². The molecule has 4 fully saturated rings. The molecule has 5 aliphatic rings. The number of Topliss-reactive ketones (excluding diaryl/α,β-unsaturated/α-hetero) is 1. The molecule has 5 nitrogen and oxygen atoms in total. The highest BCUT2D eigenvalue weighted by molar-refractivity contribution is 5.85. The van der Waals surface area contributed by atoms with E-state index in [1.165, 1.54) is 25.7 Å². The van der Waals surface area contributed by atoms with Crippen molar-refractivity contribution in [1.82, 2.24) is 0 Å². The van der Waals surface area contributed by atoms with Gasteiger partial charge in [0.05, 0.1) is 11.7 Å². The molecular formula is C32H52O5. The van der Waals surface area contributed by atoms with E-state index < -0.39 is 11.7 Å². The van der Waals surface area contributed by atoms with Crippen LogP contribution < -0.4 is 0 Å². The Bertz CT molecular complexity index is 953. The molecule has 0 amide bonds. The zero-order valence-electron chi connectivity index (χ0n) is 24.9. The number of fused-ring (bicyclic) bond motifs is 5. The summed E-state index contributed by atoms with van der Waals surface area (Å²) < 4.78 is 17.9. The largest absolute Gasteiger partial charge is 0.387 e. The third-order valence-electron chi connectivity index (χ3n) is 13.1. The number of ketones is 1. The van der Waals surface area contributed by atoms with Crippen LogP contribution in [0.2, 0.25) is 0 Å². The van der Waals surface area contributed by atoms with E-state index in [2.05, 4.69) is 40.7 Å². The zero-order valence-corrected chi connectivity index (χ0v) is 24.9.